The van der Waals surface area contributed by atoms with E-state index in [2.05, 4.69) is 5.32 Å². The number of rotatable bonds is 8. The number of nitrogens with one attached hydrogen (secondary N) is 1. The molecule has 1 aliphatic heterocycles. The highest BCUT2D eigenvalue weighted by Gasteiger charge is 2.17. The molecule has 0 spiro atoms. The van der Waals surface area contributed by atoms with Crippen LogP contribution in [0.25, 0.3) is 0 Å². The van der Waals surface area contributed by atoms with Crippen molar-refractivity contribution < 1.29 is 13.9 Å². The molecule has 1 aromatic carbocycles. The van der Waals surface area contributed by atoms with Gasteiger partial charge in [0, 0.05) is 20.0 Å². The van der Waals surface area contributed by atoms with Crippen molar-refractivity contribution in [3.63, 3.8) is 0 Å². The highest BCUT2D eigenvalue weighted by molar-refractivity contribution is 5.75. The fourth-order valence-electron chi connectivity index (χ4n) is 2.63. The quantitative estimate of drug-likeness (QED) is 0.750. The number of hydrogen-bond donors (Lipinski definition) is 1. The lowest BCUT2D eigenvalue weighted by Gasteiger charge is -2.18. The number of ether oxygens (including phenoxy) is 1. The van der Waals surface area contributed by atoms with Crippen molar-refractivity contribution in [2.24, 2.45) is 5.92 Å². The van der Waals surface area contributed by atoms with Crippen molar-refractivity contribution in [1.82, 2.24) is 10.2 Å². The third-order valence-corrected chi connectivity index (χ3v) is 4.07. The highest BCUT2D eigenvalue weighted by Crippen LogP contribution is 2.15. The van der Waals surface area contributed by atoms with Crippen LogP contribution in [0.1, 0.15) is 25.7 Å². The summed E-state index contributed by atoms with van der Waals surface area (Å²) in [5.41, 5.74) is 0. The first-order chi connectivity index (χ1) is 10.6. The standard InChI is InChI=1S/C17H25FN2O2/c1-20(17(21)8-3-14-9-10-19-13-14)11-2-12-22-16-6-4-15(18)5-7-16/h4-7,14,19H,2-3,8-13H2,1H3. The van der Waals surface area contributed by atoms with E-state index in [9.17, 15) is 9.18 Å². The molecule has 2 rings (SSSR count). The van der Waals surface area contributed by atoms with Gasteiger partial charge in [-0.1, -0.05) is 0 Å². The average Bonchev–Trinajstić information content (AvgIpc) is 3.04. The van der Waals surface area contributed by atoms with Gasteiger partial charge in [0.2, 0.25) is 5.91 Å². The summed E-state index contributed by atoms with van der Waals surface area (Å²) in [5, 5.41) is 3.32. The van der Waals surface area contributed by atoms with E-state index < -0.39 is 0 Å². The minimum atomic E-state index is -0.268. The van der Waals surface area contributed by atoms with Crippen LogP contribution in [0.15, 0.2) is 24.3 Å². The molecule has 1 heterocycles. The lowest BCUT2D eigenvalue weighted by molar-refractivity contribution is -0.130. The summed E-state index contributed by atoms with van der Waals surface area (Å²) in [6.45, 7) is 3.33. The summed E-state index contributed by atoms with van der Waals surface area (Å²) in [5.74, 6) is 1.24. The number of hydrogen-bond acceptors (Lipinski definition) is 3. The molecule has 4 nitrogen and oxygen atoms in total. The number of carbonyl (C=O) groups is 1. The predicted octanol–water partition coefficient (Wildman–Crippen LogP) is 2.44. The molecule has 1 unspecified atom stereocenters. The molecule has 1 aromatic rings. The largest absolute Gasteiger partial charge is 0.494 e. The van der Waals surface area contributed by atoms with Gasteiger partial charge in [-0.05, 0) is 62.5 Å². The lowest BCUT2D eigenvalue weighted by atomic mass is 10.0. The Kier molecular flexibility index (Phi) is 6.65. The highest BCUT2D eigenvalue weighted by atomic mass is 19.1. The average molecular weight is 308 g/mol. The molecule has 0 saturated carbocycles. The van der Waals surface area contributed by atoms with Crippen LogP contribution in [0, 0.1) is 11.7 Å². The maximum Gasteiger partial charge on any atom is 0.222 e. The van der Waals surface area contributed by atoms with Crippen LogP contribution in [0.4, 0.5) is 4.39 Å². The molecule has 0 radical (unpaired) electrons. The van der Waals surface area contributed by atoms with Gasteiger partial charge in [-0.2, -0.15) is 0 Å². The van der Waals surface area contributed by atoms with Crippen LogP contribution in [0.2, 0.25) is 0 Å². The first-order valence-electron chi connectivity index (χ1n) is 7.98. The van der Waals surface area contributed by atoms with Crippen molar-refractivity contribution in [3.8, 4) is 5.75 Å². The van der Waals surface area contributed by atoms with Crippen LogP contribution in [0.5, 0.6) is 5.75 Å². The molecule has 122 valence electrons. The molecule has 0 bridgehead atoms. The first-order valence-corrected chi connectivity index (χ1v) is 7.98. The van der Waals surface area contributed by atoms with E-state index in [1.807, 2.05) is 7.05 Å². The normalized spacial score (nSPS) is 17.5. The fourth-order valence-corrected chi connectivity index (χ4v) is 2.63. The third kappa shape index (κ3) is 5.64. The number of benzene rings is 1. The third-order valence-electron chi connectivity index (χ3n) is 4.07. The molecular weight excluding hydrogens is 283 g/mol. The van der Waals surface area contributed by atoms with Crippen LogP contribution in [-0.2, 0) is 4.79 Å². The minimum Gasteiger partial charge on any atom is -0.494 e. The molecule has 1 fully saturated rings. The molecule has 22 heavy (non-hydrogen) atoms. The van der Waals surface area contributed by atoms with Crippen LogP contribution in [-0.4, -0.2) is 44.1 Å². The summed E-state index contributed by atoms with van der Waals surface area (Å²) >= 11 is 0. The van der Waals surface area contributed by atoms with E-state index in [1.165, 1.54) is 18.6 Å². The van der Waals surface area contributed by atoms with Crippen molar-refractivity contribution in [2.45, 2.75) is 25.7 Å². The Labute approximate surface area is 131 Å². The van der Waals surface area contributed by atoms with E-state index in [0.29, 0.717) is 31.2 Å². The second-order valence-corrected chi connectivity index (χ2v) is 5.87. The molecule has 5 heteroatoms. The SMILES string of the molecule is CN(CCCOc1ccc(F)cc1)C(=O)CCC1CCNC1. The Morgan fingerprint density at radius 3 is 2.86 bits per heavy atom. The van der Waals surface area contributed by atoms with Crippen LogP contribution in [0.3, 0.4) is 0 Å². The molecule has 0 aromatic heterocycles. The molecule has 1 atom stereocenters. The molecule has 1 N–H and O–H groups in total. The van der Waals surface area contributed by atoms with Gasteiger partial charge >= 0.3 is 0 Å². The van der Waals surface area contributed by atoms with Gasteiger partial charge in [-0.3, -0.25) is 4.79 Å². The predicted molar refractivity (Wildman–Crippen MR) is 84.4 cm³/mol. The summed E-state index contributed by atoms with van der Waals surface area (Å²) in [6.07, 6.45) is 3.55. The monoisotopic (exact) mass is 308 g/mol. The second kappa shape index (κ2) is 8.73. The van der Waals surface area contributed by atoms with Crippen molar-refractivity contribution in [1.29, 1.82) is 0 Å². The van der Waals surface area contributed by atoms with E-state index in [-0.39, 0.29) is 11.7 Å². The number of nitrogens with zero attached hydrogens (tertiary/aromatic N) is 1. The summed E-state index contributed by atoms with van der Waals surface area (Å²) < 4.78 is 18.3. The number of carbonyl (C=O) groups excluding carboxylic acids is 1. The molecular formula is C17H25FN2O2. The smallest absolute Gasteiger partial charge is 0.222 e. The Bertz CT molecular complexity index is 458. The zero-order chi connectivity index (χ0) is 15.8. The lowest BCUT2D eigenvalue weighted by Crippen LogP contribution is -2.29. The van der Waals surface area contributed by atoms with E-state index in [1.54, 1.807) is 17.0 Å². The van der Waals surface area contributed by atoms with E-state index >= 15 is 0 Å². The first kappa shape index (κ1) is 16.7. The Morgan fingerprint density at radius 2 is 2.18 bits per heavy atom. The Hall–Kier alpha value is -1.62. The maximum absolute atomic E-state index is 12.8. The van der Waals surface area contributed by atoms with E-state index in [0.717, 1.165) is 25.9 Å². The summed E-state index contributed by atoms with van der Waals surface area (Å²) in [7, 11) is 1.84. The minimum absolute atomic E-state index is 0.202. The van der Waals surface area contributed by atoms with Gasteiger partial charge in [0.05, 0.1) is 6.61 Å². The number of amides is 1. The van der Waals surface area contributed by atoms with E-state index in [4.69, 9.17) is 4.74 Å². The second-order valence-electron chi connectivity index (χ2n) is 5.87. The van der Waals surface area contributed by atoms with Crippen LogP contribution >= 0.6 is 0 Å². The zero-order valence-corrected chi connectivity index (χ0v) is 13.2. The summed E-state index contributed by atoms with van der Waals surface area (Å²) in [4.78, 5) is 13.8. The molecule has 1 aliphatic rings. The van der Waals surface area contributed by atoms with Crippen molar-refractivity contribution in [3.05, 3.63) is 30.1 Å². The van der Waals surface area contributed by atoms with Gasteiger partial charge in [-0.25, -0.2) is 4.39 Å². The summed E-state index contributed by atoms with van der Waals surface area (Å²) in [6, 6.07) is 5.98. The fraction of sp³-hybridized carbons (Fsp3) is 0.588. The van der Waals surface area contributed by atoms with Gasteiger partial charge in [-0.15, -0.1) is 0 Å². The Morgan fingerprint density at radius 1 is 1.41 bits per heavy atom. The van der Waals surface area contributed by atoms with Crippen LogP contribution < -0.4 is 10.1 Å². The molecule has 1 saturated heterocycles. The van der Waals surface area contributed by atoms with Gasteiger partial charge < -0.3 is 15.0 Å². The number of halogens is 1. The van der Waals surface area contributed by atoms with Crippen molar-refractivity contribution >= 4 is 5.91 Å². The maximum atomic E-state index is 12.8. The zero-order valence-electron chi connectivity index (χ0n) is 13.2. The van der Waals surface area contributed by atoms with Gasteiger partial charge in [0.15, 0.2) is 0 Å². The molecule has 1 amide bonds. The van der Waals surface area contributed by atoms with Gasteiger partial charge in [0.25, 0.3) is 0 Å². The topological polar surface area (TPSA) is 41.6 Å². The van der Waals surface area contributed by atoms with Crippen molar-refractivity contribution in [2.75, 3.05) is 33.3 Å². The molecule has 0 aliphatic carbocycles. The Balaban J connectivity index is 1.57. The van der Waals surface area contributed by atoms with Gasteiger partial charge in [0.1, 0.15) is 11.6 Å².